The van der Waals surface area contributed by atoms with Crippen LogP contribution in [0.3, 0.4) is 0 Å². The maximum atomic E-state index is 12.4. The predicted octanol–water partition coefficient (Wildman–Crippen LogP) is 1.88. The van der Waals surface area contributed by atoms with Crippen LogP contribution in [0, 0.1) is 6.92 Å². The maximum absolute atomic E-state index is 12.4. The molecule has 0 saturated carbocycles. The average Bonchev–Trinajstić information content (AvgIpc) is 2.91. The first-order valence-corrected chi connectivity index (χ1v) is 6.61. The van der Waals surface area contributed by atoms with Gasteiger partial charge in [0.15, 0.2) is 6.39 Å². The van der Waals surface area contributed by atoms with Crippen LogP contribution in [0.1, 0.15) is 37.7 Å². The fourth-order valence-corrected chi connectivity index (χ4v) is 2.63. The highest BCUT2D eigenvalue weighted by Crippen LogP contribution is 2.24. The van der Waals surface area contributed by atoms with E-state index in [1.54, 1.807) is 24.0 Å². The second-order valence-electron chi connectivity index (χ2n) is 4.99. The summed E-state index contributed by atoms with van der Waals surface area (Å²) in [6, 6.07) is 5.16. The van der Waals surface area contributed by atoms with Crippen molar-refractivity contribution >= 4 is 11.9 Å². The minimum Gasteiger partial charge on any atom is -0.478 e. The quantitative estimate of drug-likeness (QED) is 0.911. The molecule has 0 aliphatic carbocycles. The largest absolute Gasteiger partial charge is 0.478 e. The summed E-state index contributed by atoms with van der Waals surface area (Å²) >= 11 is 0. The minimum absolute atomic E-state index is 0.212. The van der Waals surface area contributed by atoms with Crippen molar-refractivity contribution in [1.29, 1.82) is 0 Å². The van der Waals surface area contributed by atoms with Gasteiger partial charge < -0.3 is 14.4 Å². The molecule has 0 unspecified atom stereocenters. The van der Waals surface area contributed by atoms with Gasteiger partial charge in [-0.3, -0.25) is 4.79 Å². The van der Waals surface area contributed by atoms with Crippen molar-refractivity contribution in [2.45, 2.75) is 19.9 Å². The molecule has 6 heteroatoms. The van der Waals surface area contributed by atoms with E-state index in [1.165, 1.54) is 6.39 Å². The Morgan fingerprint density at radius 3 is 2.86 bits per heavy atom. The number of aromatic carboxylic acids is 1. The van der Waals surface area contributed by atoms with E-state index in [9.17, 15) is 14.7 Å². The molecule has 2 heterocycles. The van der Waals surface area contributed by atoms with Crippen molar-refractivity contribution in [1.82, 2.24) is 9.88 Å². The highest BCUT2D eigenvalue weighted by atomic mass is 16.4. The second kappa shape index (κ2) is 5.05. The number of benzene rings is 1. The molecule has 6 nitrogen and oxygen atoms in total. The first-order chi connectivity index (χ1) is 10.1. The van der Waals surface area contributed by atoms with Gasteiger partial charge in [-0.05, 0) is 30.5 Å². The molecule has 1 aliphatic heterocycles. The van der Waals surface area contributed by atoms with Crippen LogP contribution in [0.15, 0.2) is 29.0 Å². The van der Waals surface area contributed by atoms with E-state index in [-0.39, 0.29) is 11.7 Å². The van der Waals surface area contributed by atoms with Gasteiger partial charge >= 0.3 is 5.97 Å². The molecule has 1 amide bonds. The highest BCUT2D eigenvalue weighted by Gasteiger charge is 2.27. The summed E-state index contributed by atoms with van der Waals surface area (Å²) in [4.78, 5) is 29.2. The number of carbonyl (C=O) groups excluding carboxylic acids is 1. The number of fused-ring (bicyclic) bond motifs is 1. The van der Waals surface area contributed by atoms with Crippen LogP contribution >= 0.6 is 0 Å². The van der Waals surface area contributed by atoms with Gasteiger partial charge in [-0.15, -0.1) is 0 Å². The van der Waals surface area contributed by atoms with Crippen LogP contribution in [-0.2, 0) is 13.0 Å². The average molecular weight is 286 g/mol. The Labute approximate surface area is 121 Å². The van der Waals surface area contributed by atoms with E-state index in [0.717, 1.165) is 11.1 Å². The summed E-state index contributed by atoms with van der Waals surface area (Å²) in [5.41, 5.74) is 2.55. The predicted molar refractivity (Wildman–Crippen MR) is 73.1 cm³/mol. The molecule has 0 bridgehead atoms. The SMILES string of the molecule is Cc1ncoc1C(=O)N1CCc2c(cccc2C(=O)O)C1. The molecule has 1 N–H and O–H groups in total. The van der Waals surface area contributed by atoms with Gasteiger partial charge in [0.25, 0.3) is 5.91 Å². The number of amides is 1. The number of hydrogen-bond acceptors (Lipinski definition) is 4. The fourth-order valence-electron chi connectivity index (χ4n) is 2.63. The third-order valence-corrected chi connectivity index (χ3v) is 3.72. The van der Waals surface area contributed by atoms with Crippen molar-refractivity contribution < 1.29 is 19.1 Å². The molecule has 108 valence electrons. The summed E-state index contributed by atoms with van der Waals surface area (Å²) in [5, 5.41) is 9.20. The summed E-state index contributed by atoms with van der Waals surface area (Å²) in [6.07, 6.45) is 1.78. The van der Waals surface area contributed by atoms with E-state index in [1.807, 2.05) is 6.07 Å². The van der Waals surface area contributed by atoms with Gasteiger partial charge in [0.05, 0.1) is 11.3 Å². The number of carbonyl (C=O) groups is 2. The van der Waals surface area contributed by atoms with Crippen molar-refractivity contribution in [2.24, 2.45) is 0 Å². The van der Waals surface area contributed by atoms with E-state index in [0.29, 0.717) is 30.8 Å². The molecule has 0 atom stereocenters. The lowest BCUT2D eigenvalue weighted by molar-refractivity contribution is 0.0690. The first kappa shape index (κ1) is 13.4. The summed E-state index contributed by atoms with van der Waals surface area (Å²) in [6.45, 7) is 2.57. The van der Waals surface area contributed by atoms with E-state index in [4.69, 9.17) is 4.42 Å². The summed E-state index contributed by atoms with van der Waals surface area (Å²) in [7, 11) is 0. The highest BCUT2D eigenvalue weighted by molar-refractivity contribution is 5.93. The van der Waals surface area contributed by atoms with Crippen molar-refractivity contribution in [3.8, 4) is 0 Å². The maximum Gasteiger partial charge on any atom is 0.335 e. The smallest absolute Gasteiger partial charge is 0.335 e. The number of aromatic nitrogens is 1. The molecule has 3 rings (SSSR count). The first-order valence-electron chi connectivity index (χ1n) is 6.61. The summed E-state index contributed by atoms with van der Waals surface area (Å²) < 4.78 is 5.13. The van der Waals surface area contributed by atoms with Crippen molar-refractivity contribution in [2.75, 3.05) is 6.54 Å². The Morgan fingerprint density at radius 2 is 2.19 bits per heavy atom. The molecule has 1 aromatic carbocycles. The number of nitrogens with zero attached hydrogens (tertiary/aromatic N) is 2. The lowest BCUT2D eigenvalue weighted by Crippen LogP contribution is -2.36. The molecule has 2 aromatic rings. The standard InChI is InChI=1S/C15H14N2O4/c1-9-13(21-8-16-9)14(18)17-6-5-11-10(7-17)3-2-4-12(11)15(19)20/h2-4,8H,5-7H2,1H3,(H,19,20). The van der Waals surface area contributed by atoms with Crippen molar-refractivity contribution in [3.63, 3.8) is 0 Å². The normalized spacial score (nSPS) is 13.9. The number of oxazole rings is 1. The van der Waals surface area contributed by atoms with Gasteiger partial charge in [0.1, 0.15) is 0 Å². The van der Waals surface area contributed by atoms with Gasteiger partial charge in [0.2, 0.25) is 5.76 Å². The zero-order valence-corrected chi connectivity index (χ0v) is 11.5. The van der Waals surface area contributed by atoms with Crippen LogP contribution in [0.2, 0.25) is 0 Å². The molecule has 1 aromatic heterocycles. The van der Waals surface area contributed by atoms with Gasteiger partial charge in [-0.1, -0.05) is 12.1 Å². The monoisotopic (exact) mass is 286 g/mol. The van der Waals surface area contributed by atoms with Crippen LogP contribution in [0.5, 0.6) is 0 Å². The third kappa shape index (κ3) is 2.29. The fraction of sp³-hybridized carbons (Fsp3) is 0.267. The van der Waals surface area contributed by atoms with Crippen LogP contribution < -0.4 is 0 Å². The Kier molecular flexibility index (Phi) is 3.21. The molecule has 1 aliphatic rings. The third-order valence-electron chi connectivity index (χ3n) is 3.72. The van der Waals surface area contributed by atoms with E-state index in [2.05, 4.69) is 4.98 Å². The summed E-state index contributed by atoms with van der Waals surface area (Å²) in [5.74, 6) is -0.901. The Morgan fingerprint density at radius 1 is 1.38 bits per heavy atom. The Balaban J connectivity index is 1.89. The lowest BCUT2D eigenvalue weighted by atomic mass is 9.94. The minimum atomic E-state index is -0.933. The topological polar surface area (TPSA) is 83.6 Å². The lowest BCUT2D eigenvalue weighted by Gasteiger charge is -2.29. The van der Waals surface area contributed by atoms with Gasteiger partial charge in [-0.2, -0.15) is 0 Å². The number of hydrogen-bond donors (Lipinski definition) is 1. The van der Waals surface area contributed by atoms with E-state index < -0.39 is 5.97 Å². The van der Waals surface area contributed by atoms with Gasteiger partial charge in [-0.25, -0.2) is 9.78 Å². The number of aryl methyl sites for hydroxylation is 1. The van der Waals surface area contributed by atoms with E-state index >= 15 is 0 Å². The molecular formula is C15H14N2O4. The molecule has 0 fully saturated rings. The Hall–Kier alpha value is -2.63. The zero-order chi connectivity index (χ0) is 15.0. The van der Waals surface area contributed by atoms with Crippen LogP contribution in [0.25, 0.3) is 0 Å². The van der Waals surface area contributed by atoms with Crippen LogP contribution in [-0.4, -0.2) is 33.4 Å². The number of carboxylic acids is 1. The second-order valence-corrected chi connectivity index (χ2v) is 4.99. The molecule has 0 saturated heterocycles. The van der Waals surface area contributed by atoms with Crippen molar-refractivity contribution in [3.05, 3.63) is 52.7 Å². The number of rotatable bonds is 2. The molecular weight excluding hydrogens is 272 g/mol. The molecule has 0 spiro atoms. The Bertz CT molecular complexity index is 720. The van der Waals surface area contributed by atoms with Crippen LogP contribution in [0.4, 0.5) is 0 Å². The zero-order valence-electron chi connectivity index (χ0n) is 11.5. The van der Waals surface area contributed by atoms with Gasteiger partial charge in [0, 0.05) is 13.1 Å². The molecule has 0 radical (unpaired) electrons. The molecule has 21 heavy (non-hydrogen) atoms. The number of carboxylic acid groups (broad SMARTS) is 1.